The minimum Gasteiger partial charge on any atom is -0.422 e. The molecule has 0 aliphatic heterocycles. The van der Waals surface area contributed by atoms with Crippen LogP contribution >= 0.6 is 11.6 Å². The van der Waals surface area contributed by atoms with Crippen molar-refractivity contribution >= 4 is 40.2 Å². The van der Waals surface area contributed by atoms with Gasteiger partial charge in [0.15, 0.2) is 0 Å². The van der Waals surface area contributed by atoms with Gasteiger partial charge >= 0.3 is 5.63 Å². The van der Waals surface area contributed by atoms with E-state index in [1.807, 2.05) is 48.5 Å². The summed E-state index contributed by atoms with van der Waals surface area (Å²) in [4.78, 5) is 25.8. The monoisotopic (exact) mass is 492 g/mol. The van der Waals surface area contributed by atoms with Gasteiger partial charge in [-0.05, 0) is 54.6 Å². The Hall–Kier alpha value is -4.93. The smallest absolute Gasteiger partial charge is 0.345 e. The molecule has 0 fully saturated rings. The fraction of sp³-hybridized carbons (Fsp3) is 0. The number of carbonyl (C=O) groups excluding carboxylic acids is 1. The fourth-order valence-electron chi connectivity index (χ4n) is 3.68. The summed E-state index contributed by atoms with van der Waals surface area (Å²) >= 11 is 5.90. The Morgan fingerprint density at radius 3 is 2.50 bits per heavy atom. The van der Waals surface area contributed by atoms with E-state index in [0.717, 1.165) is 11.1 Å². The van der Waals surface area contributed by atoms with E-state index in [2.05, 4.69) is 10.4 Å². The quantitative estimate of drug-likeness (QED) is 0.188. The molecule has 2 heterocycles. The van der Waals surface area contributed by atoms with E-state index >= 15 is 0 Å². The van der Waals surface area contributed by atoms with E-state index in [-0.39, 0.29) is 16.8 Å². The van der Waals surface area contributed by atoms with E-state index in [9.17, 15) is 14.9 Å². The number of nitrogens with zero attached hydrogens (tertiary/aromatic N) is 3. The van der Waals surface area contributed by atoms with Gasteiger partial charge in [-0.2, -0.15) is 10.4 Å². The normalized spacial score (nSPS) is 11.3. The first-order chi connectivity index (χ1) is 17.5. The molecular formula is C28H17ClN4O3. The highest BCUT2D eigenvalue weighted by molar-refractivity contribution is 6.30. The number of amides is 1. The van der Waals surface area contributed by atoms with Crippen LogP contribution < -0.4 is 10.9 Å². The Labute approximate surface area is 210 Å². The first kappa shape index (κ1) is 22.8. The Bertz CT molecular complexity index is 1710. The van der Waals surface area contributed by atoms with Crippen LogP contribution in [0.25, 0.3) is 34.0 Å². The van der Waals surface area contributed by atoms with Crippen molar-refractivity contribution < 1.29 is 9.21 Å². The van der Waals surface area contributed by atoms with Crippen molar-refractivity contribution in [3.05, 3.63) is 118 Å². The summed E-state index contributed by atoms with van der Waals surface area (Å²) < 4.78 is 7.09. The SMILES string of the molecule is N#CC(=Cc1cn(-c2ccccc2)nc1-c1cc2ccccc2oc1=O)C(=O)Nc1ccc(Cl)cc1. The average Bonchev–Trinajstić information content (AvgIpc) is 3.32. The van der Waals surface area contributed by atoms with Gasteiger partial charge in [0.25, 0.3) is 5.91 Å². The lowest BCUT2D eigenvalue weighted by Crippen LogP contribution is -2.13. The first-order valence-corrected chi connectivity index (χ1v) is 11.3. The number of fused-ring (bicyclic) bond motifs is 1. The number of aromatic nitrogens is 2. The van der Waals surface area contributed by atoms with Crippen molar-refractivity contribution in [2.45, 2.75) is 0 Å². The van der Waals surface area contributed by atoms with Crippen molar-refractivity contribution in [3.8, 4) is 23.0 Å². The van der Waals surface area contributed by atoms with Crippen LogP contribution in [0.3, 0.4) is 0 Å². The molecule has 5 rings (SSSR count). The lowest BCUT2D eigenvalue weighted by molar-refractivity contribution is -0.112. The third-order valence-electron chi connectivity index (χ3n) is 5.43. The summed E-state index contributed by atoms with van der Waals surface area (Å²) in [5.41, 5.74) is 1.84. The van der Waals surface area contributed by atoms with Crippen molar-refractivity contribution in [1.29, 1.82) is 5.26 Å². The number of halogens is 1. The molecule has 0 atom stereocenters. The van der Waals surface area contributed by atoms with Crippen molar-refractivity contribution in [2.24, 2.45) is 0 Å². The highest BCUT2D eigenvalue weighted by atomic mass is 35.5. The van der Waals surface area contributed by atoms with Gasteiger partial charge in [0.2, 0.25) is 0 Å². The second-order valence-corrected chi connectivity index (χ2v) is 8.27. The van der Waals surface area contributed by atoms with Crippen LogP contribution in [0, 0.1) is 11.3 Å². The zero-order chi connectivity index (χ0) is 25.1. The van der Waals surface area contributed by atoms with Crippen LogP contribution in [-0.2, 0) is 4.79 Å². The average molecular weight is 493 g/mol. The molecule has 0 unspecified atom stereocenters. The number of hydrogen-bond acceptors (Lipinski definition) is 5. The van der Waals surface area contributed by atoms with Gasteiger partial charge in [-0.15, -0.1) is 0 Å². The fourth-order valence-corrected chi connectivity index (χ4v) is 3.80. The third kappa shape index (κ3) is 4.67. The lowest BCUT2D eigenvalue weighted by Gasteiger charge is -2.04. The number of nitriles is 1. The molecule has 0 saturated heterocycles. The molecule has 174 valence electrons. The van der Waals surface area contributed by atoms with Crippen LogP contribution in [0.4, 0.5) is 5.69 Å². The molecule has 0 radical (unpaired) electrons. The zero-order valence-corrected chi connectivity index (χ0v) is 19.4. The molecule has 36 heavy (non-hydrogen) atoms. The molecule has 1 amide bonds. The van der Waals surface area contributed by atoms with Crippen LogP contribution in [0.2, 0.25) is 5.02 Å². The first-order valence-electron chi connectivity index (χ1n) is 10.9. The number of rotatable bonds is 5. The van der Waals surface area contributed by atoms with Gasteiger partial charge in [0, 0.05) is 27.9 Å². The van der Waals surface area contributed by atoms with Gasteiger partial charge in [-0.3, -0.25) is 4.79 Å². The Morgan fingerprint density at radius 1 is 1.03 bits per heavy atom. The molecule has 2 aromatic heterocycles. The van der Waals surface area contributed by atoms with Gasteiger partial charge in [0.05, 0.1) is 11.3 Å². The predicted molar refractivity (Wildman–Crippen MR) is 139 cm³/mol. The van der Waals surface area contributed by atoms with Gasteiger partial charge < -0.3 is 9.73 Å². The largest absolute Gasteiger partial charge is 0.422 e. The summed E-state index contributed by atoms with van der Waals surface area (Å²) in [6, 6.07) is 26.6. The molecule has 7 nitrogen and oxygen atoms in total. The maximum atomic E-state index is 12.9. The second-order valence-electron chi connectivity index (χ2n) is 7.83. The summed E-state index contributed by atoms with van der Waals surface area (Å²) in [6.45, 7) is 0. The topological polar surface area (TPSA) is 101 Å². The van der Waals surface area contributed by atoms with E-state index in [1.165, 1.54) is 6.08 Å². The molecule has 5 aromatic rings. The Balaban J connectivity index is 1.62. The van der Waals surface area contributed by atoms with Crippen molar-refractivity contribution in [1.82, 2.24) is 9.78 Å². The summed E-state index contributed by atoms with van der Waals surface area (Å²) in [5.74, 6) is -0.608. The number of para-hydroxylation sites is 2. The summed E-state index contributed by atoms with van der Waals surface area (Å²) in [5, 5.41) is 18.3. The standard InChI is InChI=1S/C28H17ClN4O3/c29-21-10-12-22(13-11-21)31-27(34)19(16-30)14-20-17-33(23-7-2-1-3-8-23)32-26(20)24-15-18-6-4-5-9-25(18)36-28(24)35/h1-15,17H,(H,31,34). The number of benzene rings is 3. The minimum absolute atomic E-state index is 0.163. The highest BCUT2D eigenvalue weighted by Crippen LogP contribution is 2.26. The molecule has 1 N–H and O–H groups in total. The molecule has 0 bridgehead atoms. The van der Waals surface area contributed by atoms with Crippen LogP contribution in [0.5, 0.6) is 0 Å². The molecular weight excluding hydrogens is 476 g/mol. The van der Waals surface area contributed by atoms with Crippen LogP contribution in [0.15, 0.2) is 106 Å². The summed E-state index contributed by atoms with van der Waals surface area (Å²) in [6.07, 6.45) is 3.06. The zero-order valence-electron chi connectivity index (χ0n) is 18.7. The van der Waals surface area contributed by atoms with E-state index < -0.39 is 11.5 Å². The number of carbonyl (C=O) groups is 1. The molecule has 0 aliphatic rings. The number of nitrogens with one attached hydrogen (secondary N) is 1. The molecule has 0 aliphatic carbocycles. The van der Waals surface area contributed by atoms with E-state index in [0.29, 0.717) is 21.9 Å². The molecule has 3 aromatic carbocycles. The summed E-state index contributed by atoms with van der Waals surface area (Å²) in [7, 11) is 0. The highest BCUT2D eigenvalue weighted by Gasteiger charge is 2.19. The minimum atomic E-state index is -0.608. The Morgan fingerprint density at radius 2 is 1.75 bits per heavy atom. The molecule has 0 saturated carbocycles. The van der Waals surface area contributed by atoms with E-state index in [1.54, 1.807) is 53.3 Å². The second kappa shape index (κ2) is 9.74. The maximum absolute atomic E-state index is 12.9. The van der Waals surface area contributed by atoms with Crippen LogP contribution in [-0.4, -0.2) is 15.7 Å². The number of anilines is 1. The predicted octanol–water partition coefficient (Wildman–Crippen LogP) is 5.84. The van der Waals surface area contributed by atoms with Crippen LogP contribution in [0.1, 0.15) is 5.56 Å². The maximum Gasteiger partial charge on any atom is 0.345 e. The number of hydrogen-bond donors (Lipinski definition) is 1. The van der Waals surface area contributed by atoms with Crippen molar-refractivity contribution in [3.63, 3.8) is 0 Å². The van der Waals surface area contributed by atoms with Gasteiger partial charge in [-0.1, -0.05) is 48.0 Å². The third-order valence-corrected chi connectivity index (χ3v) is 5.68. The molecule has 8 heteroatoms. The van der Waals surface area contributed by atoms with Gasteiger partial charge in [-0.25, -0.2) is 9.48 Å². The van der Waals surface area contributed by atoms with E-state index in [4.69, 9.17) is 16.0 Å². The Kier molecular flexibility index (Phi) is 6.18. The van der Waals surface area contributed by atoms with Crippen molar-refractivity contribution in [2.75, 3.05) is 5.32 Å². The van der Waals surface area contributed by atoms with Gasteiger partial charge in [0.1, 0.15) is 22.9 Å². The molecule has 0 spiro atoms. The lowest BCUT2D eigenvalue weighted by atomic mass is 10.1.